The molecule has 1 N–H and O–H groups in total. The van der Waals surface area contributed by atoms with Crippen LogP contribution in [0.5, 0.6) is 0 Å². The van der Waals surface area contributed by atoms with Gasteiger partial charge in [-0.3, -0.25) is 4.79 Å². The van der Waals surface area contributed by atoms with E-state index in [0.717, 1.165) is 23.3 Å². The fourth-order valence-electron chi connectivity index (χ4n) is 2.16. The fraction of sp³-hybridized carbons (Fsp3) is 0.188. The van der Waals surface area contributed by atoms with E-state index in [1.165, 1.54) is 5.56 Å². The highest BCUT2D eigenvalue weighted by atomic mass is 16.1. The van der Waals surface area contributed by atoms with E-state index in [4.69, 9.17) is 0 Å². The third kappa shape index (κ3) is 2.45. The predicted molar refractivity (Wildman–Crippen MR) is 79.7 cm³/mol. The van der Waals surface area contributed by atoms with Gasteiger partial charge in [-0.2, -0.15) is 5.10 Å². The molecule has 2 aliphatic rings. The number of fused-ring (bicyclic) bond motifs is 1. The van der Waals surface area contributed by atoms with Crippen molar-refractivity contribution < 1.29 is 4.79 Å². The summed E-state index contributed by atoms with van der Waals surface area (Å²) in [6.45, 7) is 2.54. The summed E-state index contributed by atoms with van der Waals surface area (Å²) in [5.74, 6) is -0.175. The minimum atomic E-state index is -0.175. The Morgan fingerprint density at radius 2 is 2.05 bits per heavy atom. The Labute approximate surface area is 117 Å². The van der Waals surface area contributed by atoms with Crippen LogP contribution in [-0.4, -0.2) is 17.3 Å². The maximum Gasteiger partial charge on any atom is 0.272 e. The van der Waals surface area contributed by atoms with Crippen LogP contribution in [0.25, 0.3) is 0 Å². The van der Waals surface area contributed by atoms with E-state index in [-0.39, 0.29) is 5.91 Å². The van der Waals surface area contributed by atoms with Crippen LogP contribution in [0.3, 0.4) is 0 Å². The molecule has 1 aromatic rings. The van der Waals surface area contributed by atoms with Gasteiger partial charge < -0.3 is 5.32 Å². The molecule has 0 unspecified atom stereocenters. The molecule has 4 heteroatoms. The van der Waals surface area contributed by atoms with E-state index < -0.39 is 0 Å². The number of nitrogens with one attached hydrogen (secondary N) is 1. The van der Waals surface area contributed by atoms with Gasteiger partial charge in [0, 0.05) is 18.5 Å². The van der Waals surface area contributed by atoms with Crippen molar-refractivity contribution in [3.8, 4) is 0 Å². The Bertz CT molecular complexity index is 663. The van der Waals surface area contributed by atoms with Gasteiger partial charge in [0.15, 0.2) is 5.71 Å². The molecule has 0 radical (unpaired) electrons. The van der Waals surface area contributed by atoms with E-state index in [1.54, 1.807) is 0 Å². The minimum absolute atomic E-state index is 0.175. The standard InChI is InChI=1S/C16H15N3O/c1-11-6-8-12(9-7-11)10-17-16(20)15-13-4-2-3-5-14(13)18-19-15/h2-4,6-9H,5,10H2,1H3,(H,17,20). The predicted octanol–water partition coefficient (Wildman–Crippen LogP) is 2.31. The molecule has 0 spiro atoms. The summed E-state index contributed by atoms with van der Waals surface area (Å²) in [6, 6.07) is 8.09. The monoisotopic (exact) mass is 265 g/mol. The van der Waals surface area contributed by atoms with Crippen LogP contribution >= 0.6 is 0 Å². The largest absolute Gasteiger partial charge is 0.347 e. The summed E-state index contributed by atoms with van der Waals surface area (Å²) in [4.78, 5) is 12.2. The number of rotatable bonds is 3. The Morgan fingerprint density at radius 1 is 1.25 bits per heavy atom. The summed E-state index contributed by atoms with van der Waals surface area (Å²) in [7, 11) is 0. The van der Waals surface area contributed by atoms with Crippen LogP contribution in [-0.2, 0) is 11.3 Å². The number of carbonyl (C=O) groups excluding carboxylic acids is 1. The first-order valence-electron chi connectivity index (χ1n) is 6.60. The van der Waals surface area contributed by atoms with Gasteiger partial charge in [-0.05, 0) is 12.5 Å². The van der Waals surface area contributed by atoms with Gasteiger partial charge >= 0.3 is 0 Å². The molecule has 0 saturated carbocycles. The first kappa shape index (κ1) is 12.5. The number of allylic oxidation sites excluding steroid dienone is 3. The number of hydrogen-bond donors (Lipinski definition) is 1. The zero-order valence-electron chi connectivity index (χ0n) is 11.3. The second-order valence-electron chi connectivity index (χ2n) is 4.88. The molecule has 1 aliphatic carbocycles. The third-order valence-electron chi connectivity index (χ3n) is 3.34. The third-order valence-corrected chi connectivity index (χ3v) is 3.34. The number of hydrogen-bond acceptors (Lipinski definition) is 3. The first-order valence-corrected chi connectivity index (χ1v) is 6.60. The van der Waals surface area contributed by atoms with Crippen molar-refractivity contribution in [1.82, 2.24) is 5.32 Å². The Balaban J connectivity index is 1.65. The van der Waals surface area contributed by atoms with Gasteiger partial charge in [-0.15, -0.1) is 5.10 Å². The molecule has 1 heterocycles. The molecule has 0 aromatic heterocycles. The van der Waals surface area contributed by atoms with Gasteiger partial charge in [0.1, 0.15) is 0 Å². The Morgan fingerprint density at radius 3 is 2.85 bits per heavy atom. The Kier molecular flexibility index (Phi) is 3.29. The zero-order valence-corrected chi connectivity index (χ0v) is 11.3. The SMILES string of the molecule is Cc1ccc(CNC(=O)C2=NN=C3CC=CC=C32)cc1. The second-order valence-corrected chi connectivity index (χ2v) is 4.88. The molecule has 0 bridgehead atoms. The molecule has 0 saturated heterocycles. The van der Waals surface area contributed by atoms with E-state index in [2.05, 4.69) is 15.5 Å². The lowest BCUT2D eigenvalue weighted by Crippen LogP contribution is -2.32. The van der Waals surface area contributed by atoms with Gasteiger partial charge in [0.25, 0.3) is 5.91 Å². The maximum absolute atomic E-state index is 12.2. The molecular weight excluding hydrogens is 250 g/mol. The lowest BCUT2D eigenvalue weighted by molar-refractivity contribution is -0.114. The molecule has 1 amide bonds. The molecule has 100 valence electrons. The normalized spacial score (nSPS) is 16.1. The molecule has 3 rings (SSSR count). The summed E-state index contributed by atoms with van der Waals surface area (Å²) in [5, 5.41) is 10.9. The van der Waals surface area contributed by atoms with Crippen LogP contribution < -0.4 is 5.32 Å². The minimum Gasteiger partial charge on any atom is -0.347 e. The average molecular weight is 265 g/mol. The molecule has 20 heavy (non-hydrogen) atoms. The van der Waals surface area contributed by atoms with Crippen molar-refractivity contribution in [3.05, 3.63) is 59.2 Å². The molecule has 0 fully saturated rings. The number of aryl methyl sites for hydroxylation is 1. The van der Waals surface area contributed by atoms with Crippen LogP contribution in [0, 0.1) is 6.92 Å². The van der Waals surface area contributed by atoms with Gasteiger partial charge in [-0.1, -0.05) is 48.1 Å². The number of benzene rings is 1. The van der Waals surface area contributed by atoms with E-state index in [0.29, 0.717) is 12.3 Å². The molecule has 4 nitrogen and oxygen atoms in total. The maximum atomic E-state index is 12.2. The van der Waals surface area contributed by atoms with Gasteiger partial charge in [-0.25, -0.2) is 0 Å². The van der Waals surface area contributed by atoms with Crippen molar-refractivity contribution in [2.24, 2.45) is 10.2 Å². The smallest absolute Gasteiger partial charge is 0.272 e. The van der Waals surface area contributed by atoms with Crippen LogP contribution in [0.2, 0.25) is 0 Å². The lowest BCUT2D eigenvalue weighted by Gasteiger charge is -2.08. The summed E-state index contributed by atoms with van der Waals surface area (Å²) < 4.78 is 0. The quantitative estimate of drug-likeness (QED) is 0.895. The van der Waals surface area contributed by atoms with Crippen LogP contribution in [0.4, 0.5) is 0 Å². The highest BCUT2D eigenvalue weighted by Gasteiger charge is 2.25. The van der Waals surface area contributed by atoms with Crippen molar-refractivity contribution in [3.63, 3.8) is 0 Å². The fourth-order valence-corrected chi connectivity index (χ4v) is 2.16. The highest BCUT2D eigenvalue weighted by Crippen LogP contribution is 2.17. The van der Waals surface area contributed by atoms with Crippen molar-refractivity contribution in [1.29, 1.82) is 0 Å². The van der Waals surface area contributed by atoms with Crippen LogP contribution in [0.15, 0.2) is 58.3 Å². The lowest BCUT2D eigenvalue weighted by atomic mass is 9.98. The molecular formula is C16H15N3O. The first-order chi connectivity index (χ1) is 9.74. The number of carbonyl (C=O) groups is 1. The van der Waals surface area contributed by atoms with Crippen LogP contribution in [0.1, 0.15) is 17.5 Å². The highest BCUT2D eigenvalue weighted by molar-refractivity contribution is 6.53. The molecule has 1 aromatic carbocycles. The topological polar surface area (TPSA) is 53.8 Å². The van der Waals surface area contributed by atoms with Gasteiger partial charge in [0.2, 0.25) is 0 Å². The summed E-state index contributed by atoms with van der Waals surface area (Å²) in [5.41, 5.74) is 4.40. The summed E-state index contributed by atoms with van der Waals surface area (Å²) in [6.07, 6.45) is 6.57. The van der Waals surface area contributed by atoms with Crippen molar-refractivity contribution in [2.75, 3.05) is 0 Å². The zero-order chi connectivity index (χ0) is 13.9. The second kappa shape index (κ2) is 5.25. The van der Waals surface area contributed by atoms with Crippen molar-refractivity contribution >= 4 is 17.3 Å². The van der Waals surface area contributed by atoms with Gasteiger partial charge in [0.05, 0.1) is 5.71 Å². The van der Waals surface area contributed by atoms with Crippen molar-refractivity contribution in [2.45, 2.75) is 19.9 Å². The number of amides is 1. The summed E-state index contributed by atoms with van der Waals surface area (Å²) >= 11 is 0. The average Bonchev–Trinajstić information content (AvgIpc) is 2.90. The molecule has 0 atom stereocenters. The van der Waals surface area contributed by atoms with E-state index in [9.17, 15) is 4.79 Å². The van der Waals surface area contributed by atoms with E-state index >= 15 is 0 Å². The van der Waals surface area contributed by atoms with E-state index in [1.807, 2.05) is 49.4 Å². The Hall–Kier alpha value is -2.49. The molecule has 1 aliphatic heterocycles. The number of nitrogens with zero attached hydrogens (tertiary/aromatic N) is 2.